The Hall–Kier alpha value is -1.78. The van der Waals surface area contributed by atoms with Crippen LogP contribution < -0.4 is 0 Å². The summed E-state index contributed by atoms with van der Waals surface area (Å²) in [6.45, 7) is 0.753. The minimum Gasteiger partial charge on any atom is -0.475 e. The van der Waals surface area contributed by atoms with Gasteiger partial charge in [0, 0.05) is 12.6 Å². The number of likely N-dealkylation sites (tertiary alicyclic amines) is 1. The second kappa shape index (κ2) is 5.31. The van der Waals surface area contributed by atoms with Crippen molar-refractivity contribution in [3.63, 3.8) is 0 Å². The topological polar surface area (TPSA) is 70.8 Å². The first-order valence-electron chi connectivity index (χ1n) is 7.31. The van der Waals surface area contributed by atoms with Crippen LogP contribution in [0.1, 0.15) is 59.6 Å². The van der Waals surface area contributed by atoms with Gasteiger partial charge >= 0.3 is 5.97 Å². The predicted octanol–water partition coefficient (Wildman–Crippen LogP) is 2.77. The highest BCUT2D eigenvalue weighted by atomic mass is 16.4. The third kappa shape index (κ3) is 2.32. The van der Waals surface area contributed by atoms with Crippen LogP contribution in [-0.2, 0) is 0 Å². The molecule has 5 nitrogen and oxygen atoms in total. The minimum absolute atomic E-state index is 0.147. The van der Waals surface area contributed by atoms with Gasteiger partial charge in [-0.15, -0.1) is 0 Å². The molecule has 2 aliphatic rings. The molecule has 1 aromatic rings. The summed E-state index contributed by atoms with van der Waals surface area (Å²) in [5.41, 5.74) is 0. The van der Waals surface area contributed by atoms with Gasteiger partial charge in [0.05, 0.1) is 0 Å². The summed E-state index contributed by atoms with van der Waals surface area (Å²) in [6, 6.07) is 3.12. The van der Waals surface area contributed by atoms with Crippen LogP contribution >= 0.6 is 0 Å². The van der Waals surface area contributed by atoms with E-state index in [1.807, 2.05) is 4.90 Å². The molecule has 1 aliphatic carbocycles. The Morgan fingerprint density at radius 2 is 1.80 bits per heavy atom. The minimum atomic E-state index is -1.14. The second-order valence-corrected chi connectivity index (χ2v) is 5.72. The molecule has 0 bridgehead atoms. The quantitative estimate of drug-likeness (QED) is 0.902. The van der Waals surface area contributed by atoms with Crippen molar-refractivity contribution in [2.45, 2.75) is 44.6 Å². The fraction of sp³-hybridized carbons (Fsp3) is 0.600. The average Bonchev–Trinajstić information content (AvgIpc) is 2.96. The number of fused-ring (bicyclic) bond motifs is 1. The van der Waals surface area contributed by atoms with Crippen LogP contribution in [0, 0.1) is 5.92 Å². The van der Waals surface area contributed by atoms with E-state index >= 15 is 0 Å². The molecule has 20 heavy (non-hydrogen) atoms. The summed E-state index contributed by atoms with van der Waals surface area (Å²) < 4.78 is 5.15. The molecule has 3 rings (SSSR count). The van der Waals surface area contributed by atoms with Crippen molar-refractivity contribution in [1.82, 2.24) is 4.90 Å². The molecular formula is C15H19NO4. The maximum atomic E-state index is 12.5. The molecule has 2 unspecified atom stereocenters. The fourth-order valence-corrected chi connectivity index (χ4v) is 3.59. The summed E-state index contributed by atoms with van der Waals surface area (Å²) in [5.74, 6) is -0.720. The molecule has 0 spiro atoms. The molecule has 2 fully saturated rings. The van der Waals surface area contributed by atoms with Crippen LogP contribution in [0.5, 0.6) is 0 Å². The Bertz CT molecular complexity index is 520. The van der Waals surface area contributed by atoms with Gasteiger partial charge in [0.15, 0.2) is 5.76 Å². The highest BCUT2D eigenvalue weighted by molar-refractivity contribution is 5.93. The van der Waals surface area contributed by atoms with Gasteiger partial charge < -0.3 is 14.4 Å². The Kier molecular flexibility index (Phi) is 3.51. The van der Waals surface area contributed by atoms with E-state index in [9.17, 15) is 9.59 Å². The van der Waals surface area contributed by atoms with Gasteiger partial charge in [-0.1, -0.05) is 12.8 Å². The number of amides is 1. The molecule has 1 amide bonds. The zero-order valence-electron chi connectivity index (χ0n) is 11.4. The lowest BCUT2D eigenvalue weighted by atomic mass is 9.78. The normalized spacial score (nSPS) is 26.1. The average molecular weight is 277 g/mol. The number of carbonyl (C=O) groups excluding carboxylic acids is 1. The van der Waals surface area contributed by atoms with Gasteiger partial charge in [0.1, 0.15) is 0 Å². The van der Waals surface area contributed by atoms with E-state index in [1.54, 1.807) is 0 Å². The van der Waals surface area contributed by atoms with Crippen molar-refractivity contribution >= 4 is 11.9 Å². The van der Waals surface area contributed by atoms with Crippen molar-refractivity contribution in [1.29, 1.82) is 0 Å². The van der Waals surface area contributed by atoms with Gasteiger partial charge in [-0.3, -0.25) is 4.79 Å². The molecule has 1 saturated heterocycles. The third-order valence-corrected chi connectivity index (χ3v) is 4.53. The van der Waals surface area contributed by atoms with Crippen molar-refractivity contribution in [3.05, 3.63) is 23.7 Å². The molecule has 1 aromatic heterocycles. The van der Waals surface area contributed by atoms with Gasteiger partial charge in [-0.05, 0) is 43.7 Å². The number of carboxylic acids is 1. The zero-order valence-corrected chi connectivity index (χ0v) is 11.4. The van der Waals surface area contributed by atoms with Crippen molar-refractivity contribution < 1.29 is 19.1 Å². The molecule has 2 atom stereocenters. The van der Waals surface area contributed by atoms with Crippen LogP contribution in [0.25, 0.3) is 0 Å². The van der Waals surface area contributed by atoms with Crippen LogP contribution in [0.15, 0.2) is 16.5 Å². The molecule has 1 N–H and O–H groups in total. The van der Waals surface area contributed by atoms with Crippen LogP contribution in [-0.4, -0.2) is 34.5 Å². The highest BCUT2D eigenvalue weighted by Crippen LogP contribution is 2.36. The number of rotatable bonds is 2. The molecule has 1 saturated carbocycles. The van der Waals surface area contributed by atoms with Crippen molar-refractivity contribution in [2.75, 3.05) is 6.54 Å². The number of carboxylic acid groups (broad SMARTS) is 1. The van der Waals surface area contributed by atoms with Crippen LogP contribution in [0.2, 0.25) is 0 Å². The number of furan rings is 1. The lowest BCUT2D eigenvalue weighted by molar-refractivity contribution is 0.0359. The Labute approximate surface area is 117 Å². The van der Waals surface area contributed by atoms with E-state index < -0.39 is 5.97 Å². The number of nitrogens with zero attached hydrogens (tertiary/aromatic N) is 1. The Morgan fingerprint density at radius 1 is 1.10 bits per heavy atom. The highest BCUT2D eigenvalue weighted by Gasteiger charge is 2.36. The lowest BCUT2D eigenvalue weighted by Crippen LogP contribution is -2.49. The first-order valence-corrected chi connectivity index (χ1v) is 7.31. The number of piperidine rings is 1. The summed E-state index contributed by atoms with van der Waals surface area (Å²) in [4.78, 5) is 25.3. The van der Waals surface area contributed by atoms with E-state index in [1.165, 1.54) is 37.8 Å². The SMILES string of the molecule is O=C(O)c1ccc(C(=O)N2CCCC3CCCCC32)o1. The van der Waals surface area contributed by atoms with E-state index in [0.717, 1.165) is 19.4 Å². The maximum Gasteiger partial charge on any atom is 0.371 e. The summed E-state index contributed by atoms with van der Waals surface area (Å²) >= 11 is 0. The standard InChI is InChI=1S/C15H19NO4/c17-14(12-7-8-13(20-12)15(18)19)16-9-3-5-10-4-1-2-6-11(10)16/h7-8,10-11H,1-6,9H2,(H,18,19). The van der Waals surface area contributed by atoms with Crippen LogP contribution in [0.4, 0.5) is 0 Å². The smallest absolute Gasteiger partial charge is 0.371 e. The first-order chi connectivity index (χ1) is 9.66. The fourth-order valence-electron chi connectivity index (χ4n) is 3.59. The van der Waals surface area contributed by atoms with Crippen molar-refractivity contribution in [3.8, 4) is 0 Å². The monoisotopic (exact) mass is 277 g/mol. The third-order valence-electron chi connectivity index (χ3n) is 4.53. The van der Waals surface area contributed by atoms with Gasteiger partial charge in [-0.25, -0.2) is 4.79 Å². The first kappa shape index (κ1) is 13.2. The van der Waals surface area contributed by atoms with Crippen LogP contribution in [0.3, 0.4) is 0 Å². The van der Waals surface area contributed by atoms with E-state index in [0.29, 0.717) is 12.0 Å². The number of aromatic carboxylic acids is 1. The molecule has 1 aliphatic heterocycles. The molecular weight excluding hydrogens is 258 g/mol. The molecule has 0 aromatic carbocycles. The molecule has 0 radical (unpaired) electrons. The summed E-state index contributed by atoms with van der Waals surface area (Å²) in [5, 5.41) is 8.86. The maximum absolute atomic E-state index is 12.5. The van der Waals surface area contributed by atoms with E-state index in [4.69, 9.17) is 9.52 Å². The van der Waals surface area contributed by atoms with Gasteiger partial charge in [0.25, 0.3) is 5.91 Å². The largest absolute Gasteiger partial charge is 0.475 e. The number of carbonyl (C=O) groups is 2. The Balaban J connectivity index is 1.79. The Morgan fingerprint density at radius 3 is 2.55 bits per heavy atom. The molecule has 2 heterocycles. The van der Waals surface area contributed by atoms with E-state index in [-0.39, 0.29) is 17.4 Å². The zero-order chi connectivity index (χ0) is 14.1. The number of hydrogen-bond donors (Lipinski definition) is 1. The number of hydrogen-bond acceptors (Lipinski definition) is 3. The molecule has 108 valence electrons. The van der Waals surface area contributed by atoms with Gasteiger partial charge in [-0.2, -0.15) is 0 Å². The summed E-state index contributed by atoms with van der Waals surface area (Å²) in [6.07, 6.45) is 6.92. The summed E-state index contributed by atoms with van der Waals surface area (Å²) in [7, 11) is 0. The lowest BCUT2D eigenvalue weighted by Gasteiger charge is -2.43. The molecule has 5 heteroatoms. The van der Waals surface area contributed by atoms with Gasteiger partial charge in [0.2, 0.25) is 5.76 Å². The second-order valence-electron chi connectivity index (χ2n) is 5.72. The van der Waals surface area contributed by atoms with Crippen molar-refractivity contribution in [2.24, 2.45) is 5.92 Å². The predicted molar refractivity (Wildman–Crippen MR) is 71.7 cm³/mol. The van der Waals surface area contributed by atoms with E-state index in [2.05, 4.69) is 0 Å².